The number of carbonyl (C=O) groups excluding carboxylic acids is 4. The van der Waals surface area contributed by atoms with E-state index < -0.39 is 62.9 Å². The van der Waals surface area contributed by atoms with Gasteiger partial charge in [-0.3, -0.25) is 24.4 Å². The van der Waals surface area contributed by atoms with Gasteiger partial charge in [-0.25, -0.2) is 9.29 Å². The number of phenols is 1. The molecule has 4 aliphatic rings. The van der Waals surface area contributed by atoms with Crippen molar-refractivity contribution in [2.24, 2.45) is 17.8 Å². The van der Waals surface area contributed by atoms with E-state index in [1.165, 1.54) is 24.3 Å². The third kappa shape index (κ3) is 4.16. The van der Waals surface area contributed by atoms with Gasteiger partial charge in [0.05, 0.1) is 17.5 Å². The Balaban J connectivity index is 1.36. The largest absolute Gasteiger partial charge is 0.508 e. The minimum atomic E-state index is -2.20. The first-order valence-corrected chi connectivity index (χ1v) is 15.0. The van der Waals surface area contributed by atoms with Gasteiger partial charge >= 0.3 is 0 Å². The fourth-order valence-corrected chi connectivity index (χ4v) is 8.25. The Morgan fingerprint density at radius 2 is 1.62 bits per heavy atom. The Morgan fingerprint density at radius 1 is 0.911 bits per heavy atom. The number of allylic oxidation sites excluding steroid dienone is 2. The van der Waals surface area contributed by atoms with Gasteiger partial charge in [-0.05, 0) is 54.7 Å². The Morgan fingerprint density at radius 3 is 2.31 bits per heavy atom. The minimum Gasteiger partial charge on any atom is -0.508 e. The zero-order valence-corrected chi connectivity index (χ0v) is 24.9. The number of imide groups is 2. The number of benzene rings is 3. The number of nitrogens with zero attached hydrogens (tertiary/aromatic N) is 2. The molecule has 7 rings (SSSR count). The van der Waals surface area contributed by atoms with Crippen LogP contribution in [0.1, 0.15) is 29.9 Å². The maximum absolute atomic E-state index is 14.3. The van der Waals surface area contributed by atoms with E-state index in [-0.39, 0.29) is 41.5 Å². The van der Waals surface area contributed by atoms with Crippen LogP contribution < -0.4 is 9.64 Å². The molecule has 3 aromatic rings. The van der Waals surface area contributed by atoms with Crippen LogP contribution in [0.15, 0.2) is 84.4 Å². The zero-order valence-electron chi connectivity index (χ0n) is 23.4. The van der Waals surface area contributed by atoms with Crippen LogP contribution in [0.2, 0.25) is 0 Å². The average molecular weight is 651 g/mol. The summed E-state index contributed by atoms with van der Waals surface area (Å²) < 4.78 is 19.6. The van der Waals surface area contributed by atoms with Gasteiger partial charge in [0, 0.05) is 17.5 Å². The highest BCUT2D eigenvalue weighted by Crippen LogP contribution is 2.66. The standard InChI is InChI=1S/C33H25Cl2FN2O7/c34-32-15-24-21(12-13-23-26(24)29(41)38(44)28(23)40)27(22-11-10-20(14-25(22)39)45-16-17-4-2-1-3-5-17)33(32,35)31(43)37(30(32)42)19-8-6-18(36)7-9-19/h1-12,14,23-24,26-27,39,44H,13,15-16H2/t23-,24+,26-,27+,32+,33-/m0/s1. The third-order valence-electron chi connectivity index (χ3n) is 9.43. The number of phenolic OH excluding ortho intramolecular Hbond substituents is 1. The van der Waals surface area contributed by atoms with Crippen molar-refractivity contribution in [1.82, 2.24) is 5.06 Å². The second kappa shape index (κ2) is 10.4. The number of hydrogen-bond acceptors (Lipinski definition) is 7. The zero-order chi connectivity index (χ0) is 31.8. The number of aromatic hydroxyl groups is 1. The van der Waals surface area contributed by atoms with Gasteiger partial charge in [0.2, 0.25) is 0 Å². The van der Waals surface area contributed by atoms with Gasteiger partial charge < -0.3 is 9.84 Å². The van der Waals surface area contributed by atoms with Gasteiger partial charge in [-0.1, -0.05) is 48.0 Å². The summed E-state index contributed by atoms with van der Waals surface area (Å²) in [5.74, 6) is -8.05. The molecule has 0 unspecified atom stereocenters. The Kier molecular flexibility index (Phi) is 6.81. The molecule has 1 saturated carbocycles. The molecule has 2 aliphatic heterocycles. The van der Waals surface area contributed by atoms with E-state index >= 15 is 0 Å². The number of hydrogen-bond donors (Lipinski definition) is 2. The van der Waals surface area contributed by atoms with Gasteiger partial charge in [0.25, 0.3) is 23.6 Å². The third-order valence-corrected chi connectivity index (χ3v) is 10.8. The van der Waals surface area contributed by atoms with Crippen molar-refractivity contribution in [2.75, 3.05) is 4.90 Å². The lowest BCUT2D eigenvalue weighted by Crippen LogP contribution is -2.60. The molecule has 230 valence electrons. The Hall–Kier alpha value is -4.25. The first kappa shape index (κ1) is 29.5. The normalized spacial score (nSPS) is 30.6. The second-order valence-corrected chi connectivity index (χ2v) is 13.0. The predicted molar refractivity (Wildman–Crippen MR) is 159 cm³/mol. The van der Waals surface area contributed by atoms with Crippen LogP contribution in [0, 0.1) is 23.6 Å². The molecule has 12 heteroatoms. The molecule has 2 aliphatic carbocycles. The van der Waals surface area contributed by atoms with E-state index in [1.54, 1.807) is 12.1 Å². The molecule has 0 bridgehead atoms. The highest BCUT2D eigenvalue weighted by Gasteiger charge is 2.77. The molecule has 0 spiro atoms. The van der Waals surface area contributed by atoms with Gasteiger partial charge in [-0.15, -0.1) is 23.2 Å². The molecule has 2 N–H and O–H groups in total. The summed E-state index contributed by atoms with van der Waals surface area (Å²) >= 11 is 14.5. The number of rotatable bonds is 5. The fraction of sp³-hybridized carbons (Fsp3) is 0.273. The van der Waals surface area contributed by atoms with Crippen LogP contribution in [0.3, 0.4) is 0 Å². The molecule has 4 amide bonds. The van der Waals surface area contributed by atoms with Crippen LogP contribution in [-0.4, -0.2) is 48.8 Å². The monoisotopic (exact) mass is 650 g/mol. The molecule has 6 atom stereocenters. The lowest BCUT2D eigenvalue weighted by atomic mass is 9.56. The van der Waals surface area contributed by atoms with E-state index in [0.717, 1.165) is 22.6 Å². The molecule has 2 saturated heterocycles. The van der Waals surface area contributed by atoms with E-state index in [1.807, 2.05) is 30.3 Å². The van der Waals surface area contributed by atoms with Crippen molar-refractivity contribution >= 4 is 52.5 Å². The van der Waals surface area contributed by atoms with Crippen LogP contribution >= 0.6 is 23.2 Å². The second-order valence-electron chi connectivity index (χ2n) is 11.7. The number of amides is 4. The number of alkyl halides is 2. The highest BCUT2D eigenvalue weighted by atomic mass is 35.5. The molecular weight excluding hydrogens is 626 g/mol. The molecular formula is C33H25Cl2FN2O7. The summed E-state index contributed by atoms with van der Waals surface area (Å²) in [6.07, 6.45) is 1.43. The minimum absolute atomic E-state index is 0.0389. The van der Waals surface area contributed by atoms with Crippen molar-refractivity contribution in [2.45, 2.75) is 35.1 Å². The summed E-state index contributed by atoms with van der Waals surface area (Å²) in [7, 11) is 0. The van der Waals surface area contributed by atoms with Crippen LogP contribution in [0.25, 0.3) is 0 Å². The number of anilines is 1. The first-order valence-electron chi connectivity index (χ1n) is 14.3. The van der Waals surface area contributed by atoms with E-state index in [9.17, 15) is 33.9 Å². The SMILES string of the molecule is O=C1[C@H]2[C@H](CC=C3[C@H]2C[C@@]2(Cl)C(=O)N(c4ccc(F)cc4)C(=O)[C@@]2(Cl)[C@H]3c2ccc(OCc3ccccc3)cc2O)C(=O)N1O. The molecule has 2 heterocycles. The molecule has 3 fully saturated rings. The van der Waals surface area contributed by atoms with Crippen molar-refractivity contribution in [3.05, 3.63) is 101 Å². The van der Waals surface area contributed by atoms with E-state index in [4.69, 9.17) is 27.9 Å². The lowest BCUT2D eigenvalue weighted by Gasteiger charge is -2.50. The fourth-order valence-electron chi connectivity index (χ4n) is 7.33. The topological polar surface area (TPSA) is 124 Å². The quantitative estimate of drug-likeness (QED) is 0.171. The van der Waals surface area contributed by atoms with E-state index in [2.05, 4.69) is 0 Å². The smallest absolute Gasteiger partial charge is 0.258 e. The van der Waals surface area contributed by atoms with Crippen molar-refractivity contribution in [3.8, 4) is 11.5 Å². The number of halogens is 3. The summed E-state index contributed by atoms with van der Waals surface area (Å²) in [5, 5.41) is 21.7. The van der Waals surface area contributed by atoms with Crippen LogP contribution in [-0.2, 0) is 25.8 Å². The van der Waals surface area contributed by atoms with Crippen molar-refractivity contribution < 1.29 is 38.6 Å². The van der Waals surface area contributed by atoms with Crippen LogP contribution in [0.4, 0.5) is 10.1 Å². The first-order chi connectivity index (χ1) is 21.5. The van der Waals surface area contributed by atoms with Gasteiger partial charge in [0.1, 0.15) is 23.9 Å². The highest BCUT2D eigenvalue weighted by molar-refractivity contribution is 6.58. The Labute approximate surface area is 266 Å². The average Bonchev–Trinajstić information content (AvgIpc) is 3.34. The number of ether oxygens (including phenoxy) is 1. The van der Waals surface area contributed by atoms with Gasteiger partial charge in [0.15, 0.2) is 9.75 Å². The summed E-state index contributed by atoms with van der Waals surface area (Å²) in [6, 6.07) is 18.5. The molecule has 45 heavy (non-hydrogen) atoms. The molecule has 0 aromatic heterocycles. The molecule has 9 nitrogen and oxygen atoms in total. The predicted octanol–water partition coefficient (Wildman–Crippen LogP) is 5.06. The molecule has 3 aromatic carbocycles. The summed E-state index contributed by atoms with van der Waals surface area (Å²) in [5.41, 5.74) is 1.52. The summed E-state index contributed by atoms with van der Waals surface area (Å²) in [4.78, 5) is 50.9. The maximum Gasteiger partial charge on any atom is 0.258 e. The van der Waals surface area contributed by atoms with E-state index in [0.29, 0.717) is 11.3 Å². The van der Waals surface area contributed by atoms with Gasteiger partial charge in [-0.2, -0.15) is 5.06 Å². The number of carbonyl (C=O) groups is 4. The van der Waals surface area contributed by atoms with Crippen molar-refractivity contribution in [1.29, 1.82) is 0 Å². The Bertz CT molecular complexity index is 1800. The lowest BCUT2D eigenvalue weighted by molar-refractivity contribution is -0.173. The molecule has 0 radical (unpaired) electrons. The number of fused-ring (bicyclic) bond motifs is 4. The maximum atomic E-state index is 14.3. The van der Waals surface area contributed by atoms with Crippen LogP contribution in [0.5, 0.6) is 11.5 Å². The van der Waals surface area contributed by atoms with Crippen molar-refractivity contribution in [3.63, 3.8) is 0 Å². The summed E-state index contributed by atoms with van der Waals surface area (Å²) in [6.45, 7) is 0.219. The number of hydroxylamine groups is 2.